The maximum atomic E-state index is 14.8. The summed E-state index contributed by atoms with van der Waals surface area (Å²) in [5.41, 5.74) is 4.31. The lowest BCUT2D eigenvalue weighted by Crippen LogP contribution is -2.51. The summed E-state index contributed by atoms with van der Waals surface area (Å²) in [6, 6.07) is 5.49. The number of halogens is 7. The lowest BCUT2D eigenvalue weighted by Gasteiger charge is -2.36. The van der Waals surface area contributed by atoms with Gasteiger partial charge in [0.15, 0.2) is 0 Å². The molecule has 3 rings (SSSR count). The number of carbonyl (C=O) groups excluding carboxylic acids is 1. The Morgan fingerprint density at radius 3 is 2.38 bits per heavy atom. The van der Waals surface area contributed by atoms with E-state index < -0.39 is 69.5 Å². The van der Waals surface area contributed by atoms with Gasteiger partial charge in [0.05, 0.1) is 11.3 Å². The van der Waals surface area contributed by atoms with E-state index in [4.69, 9.17) is 20.9 Å². The second-order valence-electron chi connectivity index (χ2n) is 8.68. The van der Waals surface area contributed by atoms with Crippen LogP contribution >= 0.6 is 0 Å². The molecule has 1 unspecified atom stereocenters. The summed E-state index contributed by atoms with van der Waals surface area (Å²) in [5.74, 6) is -5.53. The number of aromatic nitrogens is 2. The van der Waals surface area contributed by atoms with Gasteiger partial charge >= 0.3 is 18.3 Å². The number of aliphatic imine (C=N–C) groups is 1. The highest BCUT2D eigenvalue weighted by Gasteiger charge is 2.43. The van der Waals surface area contributed by atoms with Crippen molar-refractivity contribution in [2.45, 2.75) is 31.7 Å². The van der Waals surface area contributed by atoms with E-state index in [1.165, 1.54) is 26.2 Å². The van der Waals surface area contributed by atoms with Crippen molar-refractivity contribution in [1.82, 2.24) is 14.3 Å². The van der Waals surface area contributed by atoms with Crippen LogP contribution in [-0.4, -0.2) is 73.1 Å². The van der Waals surface area contributed by atoms with Crippen molar-refractivity contribution in [3.8, 4) is 6.07 Å². The van der Waals surface area contributed by atoms with E-state index in [0.717, 1.165) is 16.4 Å². The fourth-order valence-corrected chi connectivity index (χ4v) is 5.40. The van der Waals surface area contributed by atoms with E-state index in [0.29, 0.717) is 5.56 Å². The summed E-state index contributed by atoms with van der Waals surface area (Å²) in [5, 5.41) is 18.5. The number of hydrogen-bond acceptors (Lipinski definition) is 9. The van der Waals surface area contributed by atoms with Crippen LogP contribution in [0, 0.1) is 24.1 Å². The standard InChI is InChI=1S/C20H20F4N8O2S.C2HF3O2/c1-11-6-12(7-25)8-27-15(11)17(33)30-14-5-4-13(21)16(29-14)19(2)10-35(34,28-9-20(22,23)24)32(3)18(26)31-19;3-2(4,5)1(6)7/h4-6,8H,9-10H2,1-3H3,(H2,26,31)(H,29,30,33);(H,6,7)/t19-,35?;/m0./s1. The van der Waals surface area contributed by atoms with Gasteiger partial charge in [-0.25, -0.2) is 32.7 Å². The maximum Gasteiger partial charge on any atom is 0.490 e. The molecule has 1 amide bonds. The molecule has 20 heteroatoms. The summed E-state index contributed by atoms with van der Waals surface area (Å²) >= 11 is 0. The number of hydrogen-bond donors (Lipinski definition) is 3. The molecular weight excluding hydrogens is 605 g/mol. The third kappa shape index (κ3) is 8.25. The minimum absolute atomic E-state index is 0.00147. The number of guanidine groups is 1. The molecule has 0 fully saturated rings. The van der Waals surface area contributed by atoms with Crippen LogP contribution in [0.5, 0.6) is 0 Å². The third-order valence-corrected chi connectivity index (χ3v) is 7.80. The van der Waals surface area contributed by atoms with E-state index in [2.05, 4.69) is 24.6 Å². The van der Waals surface area contributed by atoms with Gasteiger partial charge in [-0.05, 0) is 37.6 Å². The van der Waals surface area contributed by atoms with Gasteiger partial charge in [0.2, 0.25) is 5.96 Å². The van der Waals surface area contributed by atoms with Crippen LogP contribution in [0.2, 0.25) is 0 Å². The van der Waals surface area contributed by atoms with Crippen molar-refractivity contribution >= 4 is 33.6 Å². The van der Waals surface area contributed by atoms with Crippen molar-refractivity contribution in [2.75, 3.05) is 24.7 Å². The highest BCUT2D eigenvalue weighted by atomic mass is 32.2. The second-order valence-corrected chi connectivity index (χ2v) is 11.0. The van der Waals surface area contributed by atoms with Crippen molar-refractivity contribution in [3.63, 3.8) is 0 Å². The molecular formula is C22H21F7N8O4S. The number of nitriles is 1. The minimum atomic E-state index is -5.08. The van der Waals surface area contributed by atoms with E-state index in [-0.39, 0.29) is 17.1 Å². The van der Waals surface area contributed by atoms with E-state index in [9.17, 15) is 39.7 Å². The van der Waals surface area contributed by atoms with Crippen molar-refractivity contribution in [2.24, 2.45) is 15.1 Å². The quantitative estimate of drug-likeness (QED) is 0.432. The van der Waals surface area contributed by atoms with Crippen LogP contribution in [0.4, 0.5) is 36.6 Å². The number of carboxylic acid groups (broad SMARTS) is 1. The van der Waals surface area contributed by atoms with Crippen LogP contribution in [0.1, 0.15) is 34.2 Å². The first-order valence-electron chi connectivity index (χ1n) is 11.1. The number of aliphatic carboxylic acids is 1. The molecule has 1 aliphatic rings. The number of rotatable bonds is 4. The highest BCUT2D eigenvalue weighted by molar-refractivity contribution is 7.92. The first-order chi connectivity index (χ1) is 19.1. The summed E-state index contributed by atoms with van der Waals surface area (Å²) in [6.07, 6.45) is -8.58. The average molecular weight is 627 g/mol. The number of aryl methyl sites for hydroxylation is 1. The van der Waals surface area contributed by atoms with E-state index >= 15 is 0 Å². The third-order valence-electron chi connectivity index (χ3n) is 5.29. The molecule has 0 saturated heterocycles. The van der Waals surface area contributed by atoms with E-state index in [1.807, 2.05) is 6.07 Å². The summed E-state index contributed by atoms with van der Waals surface area (Å²) in [4.78, 5) is 33.7. The fraction of sp³-hybridized carbons (Fsp3) is 0.364. The Morgan fingerprint density at radius 1 is 1.29 bits per heavy atom. The Hall–Kier alpha value is -4.54. The van der Waals surface area contributed by atoms with Crippen molar-refractivity contribution in [1.29, 1.82) is 5.26 Å². The number of anilines is 1. The Labute approximate surface area is 233 Å². The molecule has 2 aromatic rings. The number of pyridine rings is 2. The number of amides is 1. The molecule has 0 bridgehead atoms. The topological polar surface area (TPSA) is 187 Å². The summed E-state index contributed by atoms with van der Waals surface area (Å²) < 4.78 is 102. The minimum Gasteiger partial charge on any atom is -0.475 e. The Kier molecular flexibility index (Phi) is 9.73. The Bertz CT molecular complexity index is 1580. The van der Waals surface area contributed by atoms with Gasteiger partial charge in [0.1, 0.15) is 51.1 Å². The average Bonchev–Trinajstić information content (AvgIpc) is 2.86. The number of alkyl halides is 6. The van der Waals surface area contributed by atoms with Crippen LogP contribution in [0.3, 0.4) is 0 Å². The van der Waals surface area contributed by atoms with Crippen LogP contribution in [-0.2, 0) is 20.2 Å². The Balaban J connectivity index is 0.000000782. The highest BCUT2D eigenvalue weighted by Crippen LogP contribution is 2.34. The monoisotopic (exact) mass is 626 g/mol. The largest absolute Gasteiger partial charge is 0.490 e. The molecule has 0 saturated carbocycles. The predicted octanol–water partition coefficient (Wildman–Crippen LogP) is 3.10. The number of nitrogens with two attached hydrogens (primary N) is 1. The Morgan fingerprint density at radius 2 is 1.88 bits per heavy atom. The lowest BCUT2D eigenvalue weighted by molar-refractivity contribution is -0.192. The predicted molar refractivity (Wildman–Crippen MR) is 133 cm³/mol. The van der Waals surface area contributed by atoms with E-state index in [1.54, 1.807) is 6.92 Å². The molecule has 1 aliphatic heterocycles. The zero-order valence-electron chi connectivity index (χ0n) is 21.7. The van der Waals surface area contributed by atoms with Crippen molar-refractivity contribution in [3.05, 3.63) is 52.7 Å². The molecule has 2 atom stereocenters. The summed E-state index contributed by atoms with van der Waals surface area (Å²) in [7, 11) is -2.59. The van der Waals surface area contributed by atoms with Crippen LogP contribution < -0.4 is 11.1 Å². The van der Waals surface area contributed by atoms with Gasteiger partial charge < -0.3 is 16.2 Å². The molecule has 12 nitrogen and oxygen atoms in total. The smallest absolute Gasteiger partial charge is 0.475 e. The number of nitrogens with one attached hydrogen (secondary N) is 1. The number of carbonyl (C=O) groups is 2. The number of carboxylic acids is 1. The van der Waals surface area contributed by atoms with Crippen LogP contribution in [0.15, 0.2) is 33.8 Å². The first kappa shape index (κ1) is 33.7. The molecule has 0 aromatic carbocycles. The zero-order valence-corrected chi connectivity index (χ0v) is 22.5. The number of nitrogens with zero attached hydrogens (tertiary/aromatic N) is 6. The summed E-state index contributed by atoms with van der Waals surface area (Å²) in [6.45, 7) is 1.19. The van der Waals surface area contributed by atoms with Crippen LogP contribution in [0.25, 0.3) is 0 Å². The van der Waals surface area contributed by atoms with Gasteiger partial charge in [0, 0.05) is 13.2 Å². The molecule has 2 aromatic heterocycles. The van der Waals surface area contributed by atoms with Gasteiger partial charge in [-0.2, -0.15) is 31.6 Å². The molecule has 0 aliphatic carbocycles. The van der Waals surface area contributed by atoms with Crippen molar-refractivity contribution < 1.29 is 49.6 Å². The lowest BCUT2D eigenvalue weighted by atomic mass is 10.00. The maximum absolute atomic E-state index is 14.8. The molecule has 228 valence electrons. The molecule has 3 heterocycles. The molecule has 42 heavy (non-hydrogen) atoms. The normalized spacial score (nSPS) is 20.4. The van der Waals surface area contributed by atoms with Gasteiger partial charge in [-0.15, -0.1) is 0 Å². The molecule has 4 N–H and O–H groups in total. The first-order valence-corrected chi connectivity index (χ1v) is 12.8. The molecule has 0 spiro atoms. The fourth-order valence-electron chi connectivity index (χ4n) is 3.33. The second kappa shape index (κ2) is 12.1. The SMILES string of the molecule is Cc1cc(C#N)cnc1C(=O)Nc1ccc(F)c([C@]2(C)CS(=O)(=NCC(F)(F)F)N(C)C(N)=N2)n1.O=C(O)C(F)(F)F. The van der Waals surface area contributed by atoms with Gasteiger partial charge in [0.25, 0.3) is 5.91 Å². The van der Waals surface area contributed by atoms with Gasteiger partial charge in [-0.1, -0.05) is 0 Å². The molecule has 0 radical (unpaired) electrons. The van der Waals surface area contributed by atoms with Gasteiger partial charge in [-0.3, -0.25) is 9.10 Å². The zero-order chi connectivity index (χ0) is 32.3.